The van der Waals surface area contributed by atoms with Crippen LogP contribution < -0.4 is 15.5 Å². The van der Waals surface area contributed by atoms with E-state index in [2.05, 4.69) is 26.6 Å². The number of nitrogens with one attached hydrogen (secondary N) is 2. The first-order chi connectivity index (χ1) is 15.7. The molecule has 0 radical (unpaired) electrons. The molecule has 0 aliphatic carbocycles. The molecule has 0 saturated carbocycles. The monoisotopic (exact) mass is 432 g/mol. The summed E-state index contributed by atoms with van der Waals surface area (Å²) in [5.41, 5.74) is 3.14. The van der Waals surface area contributed by atoms with E-state index in [9.17, 15) is 9.18 Å². The van der Waals surface area contributed by atoms with E-state index in [1.165, 1.54) is 17.7 Å². The van der Waals surface area contributed by atoms with Crippen LogP contribution in [0.2, 0.25) is 0 Å². The number of pyridine rings is 1. The molecule has 2 aromatic carbocycles. The second-order valence-corrected chi connectivity index (χ2v) is 8.16. The molecule has 2 N–H and O–H groups in total. The van der Waals surface area contributed by atoms with E-state index < -0.39 is 11.7 Å². The summed E-state index contributed by atoms with van der Waals surface area (Å²) in [5, 5.41) is 6.45. The van der Waals surface area contributed by atoms with E-state index in [1.807, 2.05) is 42.7 Å². The largest absolute Gasteiger partial charge is 0.371 e. The predicted molar refractivity (Wildman–Crippen MR) is 127 cm³/mol. The fourth-order valence-electron chi connectivity index (χ4n) is 4.09. The predicted octanol–water partition coefficient (Wildman–Crippen LogP) is 4.66. The normalized spacial score (nSPS) is 14.3. The van der Waals surface area contributed by atoms with Crippen molar-refractivity contribution in [1.82, 2.24) is 10.3 Å². The summed E-state index contributed by atoms with van der Waals surface area (Å²) in [6, 6.07) is 18.4. The average Bonchev–Trinajstić information content (AvgIpc) is 2.84. The van der Waals surface area contributed by atoms with Gasteiger partial charge in [0.15, 0.2) is 0 Å². The maximum absolute atomic E-state index is 13.8. The van der Waals surface area contributed by atoms with Gasteiger partial charge in [0.25, 0.3) is 5.91 Å². The van der Waals surface area contributed by atoms with Crippen molar-refractivity contribution >= 4 is 17.3 Å². The molecule has 4 rings (SSSR count). The van der Waals surface area contributed by atoms with E-state index in [4.69, 9.17) is 0 Å². The van der Waals surface area contributed by atoms with Gasteiger partial charge in [-0.15, -0.1) is 0 Å². The van der Waals surface area contributed by atoms with Crippen molar-refractivity contribution in [2.45, 2.75) is 31.7 Å². The molecule has 3 aromatic rings. The Kier molecular flexibility index (Phi) is 7.46. The first kappa shape index (κ1) is 22.0. The number of aryl methyl sites for hydroxylation is 1. The highest BCUT2D eigenvalue weighted by atomic mass is 19.1. The maximum Gasteiger partial charge on any atom is 0.258 e. The first-order valence-corrected chi connectivity index (χ1v) is 11.2. The highest BCUT2D eigenvalue weighted by molar-refractivity contribution is 6.04. The number of hydrogen-bond acceptors (Lipinski definition) is 4. The van der Waals surface area contributed by atoms with Crippen LogP contribution in [0.15, 0.2) is 73.1 Å². The Morgan fingerprint density at radius 2 is 1.81 bits per heavy atom. The lowest BCUT2D eigenvalue weighted by atomic mass is 10.0. The minimum Gasteiger partial charge on any atom is -0.371 e. The molecule has 0 bridgehead atoms. The van der Waals surface area contributed by atoms with Gasteiger partial charge in [-0.3, -0.25) is 9.78 Å². The third kappa shape index (κ3) is 5.92. The van der Waals surface area contributed by atoms with E-state index in [0.717, 1.165) is 51.0 Å². The number of rotatable bonds is 8. The highest BCUT2D eigenvalue weighted by Gasteiger charge is 2.19. The van der Waals surface area contributed by atoms with Crippen LogP contribution in [0.3, 0.4) is 0 Å². The minimum atomic E-state index is -0.518. The zero-order chi connectivity index (χ0) is 22.2. The maximum atomic E-state index is 13.8. The lowest BCUT2D eigenvalue weighted by Gasteiger charge is -2.34. The lowest BCUT2D eigenvalue weighted by molar-refractivity contribution is 0.102. The Hall–Kier alpha value is -3.25. The SMILES string of the molecule is O=C(Nc1ccc(N2CCC(NCCCc3cccnc3)CC2)cc1)c1ccccc1F. The molecule has 1 amide bonds. The minimum absolute atomic E-state index is 0.0478. The molecule has 1 fully saturated rings. The average molecular weight is 433 g/mol. The Morgan fingerprint density at radius 1 is 1.03 bits per heavy atom. The van der Waals surface area contributed by atoms with E-state index in [-0.39, 0.29) is 5.56 Å². The fourth-order valence-corrected chi connectivity index (χ4v) is 4.09. The first-order valence-electron chi connectivity index (χ1n) is 11.2. The number of piperidine rings is 1. The number of halogens is 1. The van der Waals surface area contributed by atoms with Crippen molar-refractivity contribution in [3.05, 3.63) is 90.0 Å². The number of amides is 1. The van der Waals surface area contributed by atoms with Crippen LogP contribution in [0.4, 0.5) is 15.8 Å². The summed E-state index contributed by atoms with van der Waals surface area (Å²) >= 11 is 0. The summed E-state index contributed by atoms with van der Waals surface area (Å²) in [4.78, 5) is 18.8. The number of carbonyl (C=O) groups excluding carboxylic acids is 1. The fraction of sp³-hybridized carbons (Fsp3) is 0.308. The number of nitrogens with zero attached hydrogens (tertiary/aromatic N) is 2. The van der Waals surface area contributed by atoms with Gasteiger partial charge in [-0.1, -0.05) is 18.2 Å². The summed E-state index contributed by atoms with van der Waals surface area (Å²) in [5.74, 6) is -0.957. The third-order valence-electron chi connectivity index (χ3n) is 5.90. The van der Waals surface area contributed by atoms with Gasteiger partial charge in [-0.2, -0.15) is 0 Å². The topological polar surface area (TPSA) is 57.3 Å². The molecule has 5 nitrogen and oxygen atoms in total. The van der Waals surface area contributed by atoms with Crippen molar-refractivity contribution in [2.24, 2.45) is 0 Å². The second-order valence-electron chi connectivity index (χ2n) is 8.16. The Balaban J connectivity index is 1.20. The van der Waals surface area contributed by atoms with Crippen molar-refractivity contribution in [2.75, 3.05) is 29.9 Å². The smallest absolute Gasteiger partial charge is 0.258 e. The molecular weight excluding hydrogens is 403 g/mol. The zero-order valence-corrected chi connectivity index (χ0v) is 18.1. The number of carbonyl (C=O) groups is 1. The van der Waals surface area contributed by atoms with E-state index >= 15 is 0 Å². The van der Waals surface area contributed by atoms with Gasteiger partial charge >= 0.3 is 0 Å². The standard InChI is InChI=1S/C26H29FN4O/c27-25-8-2-1-7-24(25)26(32)30-22-9-11-23(12-10-22)31-17-13-21(14-18-31)29-16-4-6-20-5-3-15-28-19-20/h1-3,5,7-12,15,19,21,29H,4,6,13-14,16-18H2,(H,30,32). The molecule has 1 aliphatic heterocycles. The van der Waals surface area contributed by atoms with Crippen LogP contribution >= 0.6 is 0 Å². The molecule has 1 aromatic heterocycles. The number of hydrogen-bond donors (Lipinski definition) is 2. The van der Waals surface area contributed by atoms with Crippen molar-refractivity contribution in [3.8, 4) is 0 Å². The van der Waals surface area contributed by atoms with Crippen LogP contribution in [0, 0.1) is 5.82 Å². The van der Waals surface area contributed by atoms with Crippen molar-refractivity contribution < 1.29 is 9.18 Å². The van der Waals surface area contributed by atoms with Crippen molar-refractivity contribution in [1.29, 1.82) is 0 Å². The van der Waals surface area contributed by atoms with Gasteiger partial charge in [-0.25, -0.2) is 4.39 Å². The molecule has 0 atom stereocenters. The summed E-state index contributed by atoms with van der Waals surface area (Å²) in [7, 11) is 0. The number of anilines is 2. The highest BCUT2D eigenvalue weighted by Crippen LogP contribution is 2.22. The summed E-state index contributed by atoms with van der Waals surface area (Å²) in [6.45, 7) is 3.03. The van der Waals surface area contributed by atoms with Gasteiger partial charge in [0.05, 0.1) is 5.56 Å². The number of benzene rings is 2. The van der Waals surface area contributed by atoms with Crippen LogP contribution in [-0.4, -0.2) is 36.6 Å². The van der Waals surface area contributed by atoms with Crippen LogP contribution in [0.5, 0.6) is 0 Å². The summed E-state index contributed by atoms with van der Waals surface area (Å²) < 4.78 is 13.8. The van der Waals surface area contributed by atoms with Gasteiger partial charge in [-0.05, 0) is 80.3 Å². The van der Waals surface area contributed by atoms with E-state index in [0.29, 0.717) is 11.7 Å². The molecule has 0 spiro atoms. The third-order valence-corrected chi connectivity index (χ3v) is 5.90. The Bertz CT molecular complexity index is 1000. The zero-order valence-electron chi connectivity index (χ0n) is 18.1. The molecule has 1 saturated heterocycles. The quantitative estimate of drug-likeness (QED) is 0.508. The van der Waals surface area contributed by atoms with Crippen LogP contribution in [0.1, 0.15) is 35.2 Å². The van der Waals surface area contributed by atoms with Gasteiger partial charge in [0.2, 0.25) is 0 Å². The summed E-state index contributed by atoms with van der Waals surface area (Å²) in [6.07, 6.45) is 8.14. The van der Waals surface area contributed by atoms with Crippen LogP contribution in [-0.2, 0) is 6.42 Å². The molecule has 2 heterocycles. The molecule has 32 heavy (non-hydrogen) atoms. The molecule has 1 aliphatic rings. The molecular formula is C26H29FN4O. The van der Waals surface area contributed by atoms with Gasteiger partial charge in [0, 0.05) is 42.9 Å². The van der Waals surface area contributed by atoms with E-state index in [1.54, 1.807) is 12.1 Å². The molecule has 166 valence electrons. The number of aromatic nitrogens is 1. The second kappa shape index (κ2) is 10.9. The lowest BCUT2D eigenvalue weighted by Crippen LogP contribution is -2.42. The molecule has 6 heteroatoms. The van der Waals surface area contributed by atoms with Crippen LogP contribution in [0.25, 0.3) is 0 Å². The van der Waals surface area contributed by atoms with Gasteiger partial charge in [0.1, 0.15) is 5.82 Å². The van der Waals surface area contributed by atoms with Crippen molar-refractivity contribution in [3.63, 3.8) is 0 Å². The molecule has 0 unspecified atom stereocenters. The Labute approximate surface area is 188 Å². The van der Waals surface area contributed by atoms with Gasteiger partial charge < -0.3 is 15.5 Å². The Morgan fingerprint density at radius 3 is 2.53 bits per heavy atom.